The molecule has 2 heterocycles. The fourth-order valence-electron chi connectivity index (χ4n) is 2.60. The van der Waals surface area contributed by atoms with Crippen molar-refractivity contribution in [2.24, 2.45) is 0 Å². The minimum atomic E-state index is 0.767. The van der Waals surface area contributed by atoms with Gasteiger partial charge in [-0.25, -0.2) is 0 Å². The summed E-state index contributed by atoms with van der Waals surface area (Å²) in [6, 6.07) is 11.8. The van der Waals surface area contributed by atoms with E-state index >= 15 is 0 Å². The molecule has 0 aliphatic carbocycles. The number of nitrogen functional groups attached to an aromatic ring is 1. The Morgan fingerprint density at radius 3 is 2.10 bits per heavy atom. The predicted octanol–water partition coefficient (Wildman–Crippen LogP) is 3.11. The largest absolute Gasteiger partial charge is 0.399 e. The summed E-state index contributed by atoms with van der Waals surface area (Å²) in [6.45, 7) is 2.19. The number of hydrogen-bond donors (Lipinski definition) is 1. The van der Waals surface area contributed by atoms with Gasteiger partial charge < -0.3 is 10.6 Å². The van der Waals surface area contributed by atoms with E-state index in [0.29, 0.717) is 0 Å². The van der Waals surface area contributed by atoms with Gasteiger partial charge in [0.25, 0.3) is 0 Å². The van der Waals surface area contributed by atoms with Gasteiger partial charge in [0.1, 0.15) is 0 Å². The molecule has 4 heteroatoms. The van der Waals surface area contributed by atoms with Crippen molar-refractivity contribution >= 4 is 11.5 Å². The van der Waals surface area contributed by atoms with Crippen molar-refractivity contribution < 1.29 is 0 Å². The maximum atomic E-state index is 5.70. The summed E-state index contributed by atoms with van der Waals surface area (Å²) in [7, 11) is 0. The van der Waals surface area contributed by atoms with Crippen LogP contribution in [0.15, 0.2) is 36.4 Å². The third kappa shape index (κ3) is 2.90. The molecule has 1 aliphatic rings. The Hall–Kier alpha value is -2.10. The molecule has 1 fully saturated rings. The van der Waals surface area contributed by atoms with E-state index < -0.39 is 0 Å². The Labute approximate surface area is 119 Å². The maximum absolute atomic E-state index is 5.70. The van der Waals surface area contributed by atoms with Gasteiger partial charge in [0, 0.05) is 24.3 Å². The lowest BCUT2D eigenvalue weighted by molar-refractivity contribution is 0.726. The van der Waals surface area contributed by atoms with E-state index in [1.807, 2.05) is 30.3 Å². The van der Waals surface area contributed by atoms with Crippen LogP contribution in [0.3, 0.4) is 0 Å². The van der Waals surface area contributed by atoms with E-state index in [2.05, 4.69) is 21.2 Å². The van der Waals surface area contributed by atoms with Crippen LogP contribution in [0, 0.1) is 0 Å². The first kappa shape index (κ1) is 12.9. The van der Waals surface area contributed by atoms with Crippen molar-refractivity contribution in [1.82, 2.24) is 10.2 Å². The zero-order chi connectivity index (χ0) is 13.8. The molecule has 4 nitrogen and oxygen atoms in total. The second kappa shape index (κ2) is 5.90. The topological polar surface area (TPSA) is 55.0 Å². The molecule has 0 radical (unpaired) electrons. The third-order valence-electron chi connectivity index (χ3n) is 3.79. The number of aromatic nitrogens is 2. The summed E-state index contributed by atoms with van der Waals surface area (Å²) in [6.07, 6.45) is 5.16. The van der Waals surface area contributed by atoms with Crippen LogP contribution in [0.2, 0.25) is 0 Å². The molecule has 0 amide bonds. The van der Waals surface area contributed by atoms with Crippen LogP contribution < -0.4 is 10.6 Å². The molecule has 0 saturated carbocycles. The van der Waals surface area contributed by atoms with Crippen molar-refractivity contribution in [3.8, 4) is 11.3 Å². The first-order valence-corrected chi connectivity index (χ1v) is 7.27. The Kier molecular flexibility index (Phi) is 3.81. The van der Waals surface area contributed by atoms with Crippen LogP contribution in [0.1, 0.15) is 25.7 Å². The average molecular weight is 268 g/mol. The number of hydrogen-bond acceptors (Lipinski definition) is 4. The van der Waals surface area contributed by atoms with Crippen molar-refractivity contribution in [3.05, 3.63) is 36.4 Å². The zero-order valence-corrected chi connectivity index (χ0v) is 11.6. The van der Waals surface area contributed by atoms with E-state index in [-0.39, 0.29) is 0 Å². The van der Waals surface area contributed by atoms with E-state index in [1.165, 1.54) is 25.7 Å². The molecule has 0 bridgehead atoms. The smallest absolute Gasteiger partial charge is 0.151 e. The normalized spacial score (nSPS) is 15.9. The predicted molar refractivity (Wildman–Crippen MR) is 82.6 cm³/mol. The van der Waals surface area contributed by atoms with Crippen LogP contribution in [-0.4, -0.2) is 23.3 Å². The second-order valence-corrected chi connectivity index (χ2v) is 5.30. The molecular weight excluding hydrogens is 248 g/mol. The average Bonchev–Trinajstić information content (AvgIpc) is 2.77. The molecular formula is C16H20N4. The van der Waals surface area contributed by atoms with Gasteiger partial charge in [0.05, 0.1) is 5.69 Å². The molecule has 1 aromatic heterocycles. The molecule has 2 aromatic rings. The summed E-state index contributed by atoms with van der Waals surface area (Å²) >= 11 is 0. The molecule has 2 N–H and O–H groups in total. The first-order valence-electron chi connectivity index (χ1n) is 7.27. The monoisotopic (exact) mass is 268 g/mol. The Morgan fingerprint density at radius 1 is 0.800 bits per heavy atom. The van der Waals surface area contributed by atoms with Crippen LogP contribution in [-0.2, 0) is 0 Å². The second-order valence-electron chi connectivity index (χ2n) is 5.30. The molecule has 20 heavy (non-hydrogen) atoms. The number of benzene rings is 1. The summed E-state index contributed by atoms with van der Waals surface area (Å²) in [5.74, 6) is 0.992. The summed E-state index contributed by atoms with van der Waals surface area (Å²) in [4.78, 5) is 2.34. The fraction of sp³-hybridized carbons (Fsp3) is 0.375. The molecule has 1 aliphatic heterocycles. The highest BCUT2D eigenvalue weighted by Crippen LogP contribution is 2.21. The molecule has 104 valence electrons. The van der Waals surface area contributed by atoms with Crippen molar-refractivity contribution in [3.63, 3.8) is 0 Å². The third-order valence-corrected chi connectivity index (χ3v) is 3.79. The van der Waals surface area contributed by atoms with Gasteiger partial charge in [0.2, 0.25) is 0 Å². The van der Waals surface area contributed by atoms with Gasteiger partial charge in [-0.1, -0.05) is 25.0 Å². The maximum Gasteiger partial charge on any atom is 0.151 e. The molecule has 0 atom stereocenters. The molecule has 1 aromatic carbocycles. The number of rotatable bonds is 2. The van der Waals surface area contributed by atoms with Crippen LogP contribution in [0.25, 0.3) is 11.3 Å². The quantitative estimate of drug-likeness (QED) is 0.850. The lowest BCUT2D eigenvalue weighted by Crippen LogP contribution is -2.25. The lowest BCUT2D eigenvalue weighted by Gasteiger charge is -2.20. The van der Waals surface area contributed by atoms with Crippen molar-refractivity contribution in [2.75, 3.05) is 23.7 Å². The minimum absolute atomic E-state index is 0.767. The minimum Gasteiger partial charge on any atom is -0.399 e. The van der Waals surface area contributed by atoms with Gasteiger partial charge in [-0.15, -0.1) is 10.2 Å². The Balaban J connectivity index is 1.78. The molecule has 1 saturated heterocycles. The van der Waals surface area contributed by atoms with E-state index in [4.69, 9.17) is 5.73 Å². The van der Waals surface area contributed by atoms with E-state index in [0.717, 1.165) is 35.9 Å². The first-order chi connectivity index (χ1) is 9.83. The van der Waals surface area contributed by atoms with Gasteiger partial charge in [-0.05, 0) is 37.1 Å². The number of anilines is 2. The summed E-state index contributed by atoms with van der Waals surface area (Å²) in [5.41, 5.74) is 8.41. The van der Waals surface area contributed by atoms with Gasteiger partial charge in [-0.2, -0.15) is 0 Å². The van der Waals surface area contributed by atoms with Gasteiger partial charge in [-0.3, -0.25) is 0 Å². The zero-order valence-electron chi connectivity index (χ0n) is 11.6. The van der Waals surface area contributed by atoms with Gasteiger partial charge >= 0.3 is 0 Å². The molecule has 3 rings (SSSR count). The van der Waals surface area contributed by atoms with Crippen molar-refractivity contribution in [2.45, 2.75) is 25.7 Å². The van der Waals surface area contributed by atoms with E-state index in [1.54, 1.807) is 0 Å². The fourth-order valence-corrected chi connectivity index (χ4v) is 2.60. The highest BCUT2D eigenvalue weighted by atomic mass is 15.3. The summed E-state index contributed by atoms with van der Waals surface area (Å²) < 4.78 is 0. The van der Waals surface area contributed by atoms with Crippen LogP contribution in [0.4, 0.5) is 11.5 Å². The number of nitrogens with two attached hydrogens (primary N) is 1. The highest BCUT2D eigenvalue weighted by molar-refractivity contribution is 5.62. The Morgan fingerprint density at radius 2 is 1.50 bits per heavy atom. The van der Waals surface area contributed by atoms with E-state index in [9.17, 15) is 0 Å². The van der Waals surface area contributed by atoms with Crippen LogP contribution in [0.5, 0.6) is 0 Å². The Bertz CT molecular complexity index is 540. The molecule has 0 spiro atoms. The standard InChI is InChI=1S/C16H20N4/c17-14-7-5-13(6-8-14)15-9-10-16(19-18-15)20-11-3-1-2-4-12-20/h5-10H,1-4,11-12,17H2. The number of nitrogens with zero attached hydrogens (tertiary/aromatic N) is 3. The van der Waals surface area contributed by atoms with Crippen LogP contribution >= 0.6 is 0 Å². The highest BCUT2D eigenvalue weighted by Gasteiger charge is 2.11. The molecule has 0 unspecified atom stereocenters. The summed E-state index contributed by atoms with van der Waals surface area (Å²) in [5, 5.41) is 8.74. The lowest BCUT2D eigenvalue weighted by atomic mass is 10.1. The SMILES string of the molecule is Nc1ccc(-c2ccc(N3CCCCCC3)nn2)cc1. The van der Waals surface area contributed by atoms with Gasteiger partial charge in [0.15, 0.2) is 5.82 Å². The van der Waals surface area contributed by atoms with Crippen molar-refractivity contribution in [1.29, 1.82) is 0 Å².